The van der Waals surface area contributed by atoms with E-state index in [1.165, 1.54) is 4.90 Å². The molecule has 1 amide bonds. The van der Waals surface area contributed by atoms with E-state index in [1.54, 1.807) is 17.8 Å². The monoisotopic (exact) mass is 282 g/mol. The first kappa shape index (κ1) is 16.0. The zero-order chi connectivity index (χ0) is 15.3. The van der Waals surface area contributed by atoms with Gasteiger partial charge in [0.25, 0.3) is 5.91 Å². The predicted molar refractivity (Wildman–Crippen MR) is 75.1 cm³/mol. The number of hydrogen-bond donors (Lipinski definition) is 1. The van der Waals surface area contributed by atoms with E-state index in [0.29, 0.717) is 12.2 Å². The number of nitrogens with zero attached hydrogens (tertiary/aromatic N) is 3. The van der Waals surface area contributed by atoms with Gasteiger partial charge >= 0.3 is 5.97 Å². The van der Waals surface area contributed by atoms with Gasteiger partial charge in [-0.15, -0.1) is 0 Å². The van der Waals surface area contributed by atoms with Crippen LogP contribution in [-0.4, -0.2) is 45.8 Å². The Hall–Kier alpha value is -2.05. The molecule has 0 unspecified atom stereocenters. The average Bonchev–Trinajstić information content (AvgIpc) is 2.76. The molecule has 2 N–H and O–H groups in total. The maximum absolute atomic E-state index is 12.4. The molecule has 0 saturated carbocycles. The molecule has 0 saturated heterocycles. The van der Waals surface area contributed by atoms with Crippen molar-refractivity contribution >= 4 is 17.6 Å². The molecule has 0 bridgehead atoms. The lowest BCUT2D eigenvalue weighted by atomic mass is 10.2. The van der Waals surface area contributed by atoms with Gasteiger partial charge in [0.1, 0.15) is 6.54 Å². The van der Waals surface area contributed by atoms with Crippen molar-refractivity contribution in [3.05, 3.63) is 11.9 Å². The van der Waals surface area contributed by atoms with Crippen LogP contribution in [0, 0.1) is 0 Å². The molecule has 1 rings (SSSR count). The smallest absolute Gasteiger partial charge is 0.325 e. The van der Waals surface area contributed by atoms with Crippen molar-refractivity contribution in [3.63, 3.8) is 0 Å². The Bertz CT molecular complexity index is 482. The molecule has 0 aromatic carbocycles. The molecule has 0 aliphatic rings. The van der Waals surface area contributed by atoms with Gasteiger partial charge in [-0.25, -0.2) is 0 Å². The van der Waals surface area contributed by atoms with Crippen molar-refractivity contribution < 1.29 is 14.3 Å². The highest BCUT2D eigenvalue weighted by Crippen LogP contribution is 2.14. The van der Waals surface area contributed by atoms with Gasteiger partial charge < -0.3 is 15.4 Å². The lowest BCUT2D eigenvalue weighted by Gasteiger charge is -2.25. The van der Waals surface area contributed by atoms with E-state index in [1.807, 2.05) is 20.8 Å². The summed E-state index contributed by atoms with van der Waals surface area (Å²) in [7, 11) is 0. The van der Waals surface area contributed by atoms with Gasteiger partial charge in [0.2, 0.25) is 0 Å². The second-order valence-corrected chi connectivity index (χ2v) is 4.62. The summed E-state index contributed by atoms with van der Waals surface area (Å²) in [6.45, 7) is 8.07. The molecule has 0 aliphatic carbocycles. The number of nitrogens with two attached hydrogens (primary N) is 1. The number of hydrogen-bond acceptors (Lipinski definition) is 5. The Kier molecular flexibility index (Phi) is 5.54. The van der Waals surface area contributed by atoms with Gasteiger partial charge in [-0.1, -0.05) is 0 Å². The lowest BCUT2D eigenvalue weighted by Crippen LogP contribution is -2.41. The number of carbonyl (C=O) groups excluding carboxylic acids is 2. The zero-order valence-electron chi connectivity index (χ0n) is 12.4. The van der Waals surface area contributed by atoms with Gasteiger partial charge in [-0.3, -0.25) is 14.3 Å². The second-order valence-electron chi connectivity index (χ2n) is 4.62. The van der Waals surface area contributed by atoms with Crippen molar-refractivity contribution in [2.24, 2.45) is 0 Å². The minimum atomic E-state index is -0.442. The molecule has 0 aliphatic heterocycles. The van der Waals surface area contributed by atoms with Crippen molar-refractivity contribution in [2.45, 2.75) is 40.3 Å². The Morgan fingerprint density at radius 3 is 2.55 bits per heavy atom. The van der Waals surface area contributed by atoms with Crippen LogP contribution in [0.5, 0.6) is 0 Å². The first-order valence-corrected chi connectivity index (χ1v) is 6.70. The highest BCUT2D eigenvalue weighted by atomic mass is 16.5. The average molecular weight is 282 g/mol. The van der Waals surface area contributed by atoms with Gasteiger partial charge in [-0.2, -0.15) is 5.10 Å². The van der Waals surface area contributed by atoms with Crippen LogP contribution in [0.3, 0.4) is 0 Å². The fraction of sp³-hybridized carbons (Fsp3) is 0.615. The van der Waals surface area contributed by atoms with E-state index < -0.39 is 5.97 Å². The van der Waals surface area contributed by atoms with Crippen LogP contribution in [-0.2, 0) is 16.1 Å². The second kappa shape index (κ2) is 6.93. The Morgan fingerprint density at radius 2 is 2.10 bits per heavy atom. The van der Waals surface area contributed by atoms with E-state index in [9.17, 15) is 9.59 Å². The number of amides is 1. The fourth-order valence-corrected chi connectivity index (χ4v) is 1.74. The minimum Gasteiger partial charge on any atom is -0.465 e. The standard InChI is InChI=1S/C13H22N4O3/c1-5-16-7-10(14)12(15-16)13(19)17(9(3)4)8-11(18)20-6-2/h7,9H,5-6,8,14H2,1-4H3. The first-order chi connectivity index (χ1) is 9.40. The third-order valence-electron chi connectivity index (χ3n) is 2.81. The topological polar surface area (TPSA) is 90.5 Å². The SMILES string of the molecule is CCOC(=O)CN(C(=O)c1nn(CC)cc1N)C(C)C. The number of rotatable bonds is 6. The van der Waals surface area contributed by atoms with Crippen LogP contribution in [0.4, 0.5) is 5.69 Å². The Balaban J connectivity index is 2.93. The van der Waals surface area contributed by atoms with Gasteiger partial charge in [-0.05, 0) is 27.7 Å². The van der Waals surface area contributed by atoms with Crippen LogP contribution in [0.25, 0.3) is 0 Å². The molecule has 0 radical (unpaired) electrons. The summed E-state index contributed by atoms with van der Waals surface area (Å²) in [4.78, 5) is 25.4. The highest BCUT2D eigenvalue weighted by molar-refractivity contribution is 5.98. The van der Waals surface area contributed by atoms with Crippen LogP contribution in [0.15, 0.2) is 6.20 Å². The quantitative estimate of drug-likeness (QED) is 0.783. The normalized spacial score (nSPS) is 10.7. The van der Waals surface area contributed by atoms with E-state index in [2.05, 4.69) is 5.10 Å². The molecule has 0 fully saturated rings. The summed E-state index contributed by atoms with van der Waals surface area (Å²) in [5.41, 5.74) is 6.28. The molecule has 0 spiro atoms. The lowest BCUT2D eigenvalue weighted by molar-refractivity contribution is -0.144. The minimum absolute atomic E-state index is 0.108. The maximum Gasteiger partial charge on any atom is 0.325 e. The molecule has 0 atom stereocenters. The Morgan fingerprint density at radius 1 is 1.45 bits per heavy atom. The number of nitrogen functional groups attached to an aromatic ring is 1. The van der Waals surface area contributed by atoms with Crippen molar-refractivity contribution in [1.82, 2.24) is 14.7 Å². The molecule has 112 valence electrons. The third-order valence-corrected chi connectivity index (χ3v) is 2.81. The molecular weight excluding hydrogens is 260 g/mol. The van der Waals surface area contributed by atoms with Crippen LogP contribution in [0.1, 0.15) is 38.2 Å². The summed E-state index contributed by atoms with van der Waals surface area (Å²) in [6, 6.07) is -0.155. The molecule has 20 heavy (non-hydrogen) atoms. The number of aromatic nitrogens is 2. The molecule has 7 heteroatoms. The molecule has 7 nitrogen and oxygen atoms in total. The van der Waals surface area contributed by atoms with Crippen LogP contribution in [0.2, 0.25) is 0 Å². The van der Waals surface area contributed by atoms with Crippen molar-refractivity contribution in [3.8, 4) is 0 Å². The first-order valence-electron chi connectivity index (χ1n) is 6.70. The van der Waals surface area contributed by atoms with Gasteiger partial charge in [0.15, 0.2) is 5.69 Å². The summed E-state index contributed by atoms with van der Waals surface area (Å²) in [5, 5.41) is 4.13. The van der Waals surface area contributed by atoms with Crippen LogP contribution < -0.4 is 5.73 Å². The Labute approximate surface area is 118 Å². The maximum atomic E-state index is 12.4. The largest absolute Gasteiger partial charge is 0.465 e. The summed E-state index contributed by atoms with van der Waals surface area (Å²) < 4.78 is 6.46. The summed E-state index contributed by atoms with van der Waals surface area (Å²) in [6.07, 6.45) is 1.61. The van der Waals surface area contributed by atoms with Gasteiger partial charge in [0.05, 0.1) is 12.3 Å². The number of esters is 1. The zero-order valence-corrected chi connectivity index (χ0v) is 12.4. The molecule has 1 heterocycles. The van der Waals surface area contributed by atoms with Crippen molar-refractivity contribution in [2.75, 3.05) is 18.9 Å². The molecular formula is C13H22N4O3. The molecule has 1 aromatic rings. The van der Waals surface area contributed by atoms with E-state index in [-0.39, 0.29) is 30.8 Å². The molecule has 1 aromatic heterocycles. The van der Waals surface area contributed by atoms with Gasteiger partial charge in [0, 0.05) is 18.8 Å². The number of anilines is 1. The summed E-state index contributed by atoms with van der Waals surface area (Å²) in [5.74, 6) is -0.805. The van der Waals surface area contributed by atoms with Crippen LogP contribution >= 0.6 is 0 Å². The number of aryl methyl sites for hydroxylation is 1. The number of carbonyl (C=O) groups is 2. The van der Waals surface area contributed by atoms with E-state index in [4.69, 9.17) is 10.5 Å². The van der Waals surface area contributed by atoms with E-state index in [0.717, 1.165) is 0 Å². The summed E-state index contributed by atoms with van der Waals surface area (Å²) >= 11 is 0. The highest BCUT2D eigenvalue weighted by Gasteiger charge is 2.26. The number of ether oxygens (including phenoxy) is 1. The fourth-order valence-electron chi connectivity index (χ4n) is 1.74. The van der Waals surface area contributed by atoms with Crippen molar-refractivity contribution in [1.29, 1.82) is 0 Å². The predicted octanol–water partition coefficient (Wildman–Crippen LogP) is 0.899. The van der Waals surface area contributed by atoms with E-state index >= 15 is 0 Å². The third kappa shape index (κ3) is 3.72.